The molecule has 3 aromatic rings. The van der Waals surface area contributed by atoms with Crippen molar-refractivity contribution >= 4 is 23.1 Å². The zero-order valence-corrected chi connectivity index (χ0v) is 14.0. The van der Waals surface area contributed by atoms with Gasteiger partial charge in [0, 0.05) is 25.2 Å². The Morgan fingerprint density at radius 2 is 2.08 bits per heavy atom. The van der Waals surface area contributed by atoms with Gasteiger partial charge in [0.05, 0.1) is 11.4 Å². The summed E-state index contributed by atoms with van der Waals surface area (Å²) < 4.78 is 1.67. The van der Waals surface area contributed by atoms with Crippen LogP contribution >= 0.6 is 0 Å². The largest absolute Gasteiger partial charge is 0.355 e. The van der Waals surface area contributed by atoms with Gasteiger partial charge in [0.25, 0.3) is 0 Å². The van der Waals surface area contributed by atoms with E-state index in [2.05, 4.69) is 30.5 Å². The van der Waals surface area contributed by atoms with E-state index in [0.717, 1.165) is 48.8 Å². The average molecular weight is 337 g/mol. The second kappa shape index (κ2) is 6.46. The molecule has 0 aliphatic carbocycles. The van der Waals surface area contributed by atoms with E-state index in [9.17, 15) is 4.79 Å². The number of carbonyl (C=O) groups is 1. The normalized spacial score (nSPS) is 15.5. The third kappa shape index (κ3) is 3.15. The molecule has 4 rings (SSSR count). The molecule has 0 atom stereocenters. The molecule has 8 heteroatoms. The van der Waals surface area contributed by atoms with E-state index in [0.29, 0.717) is 0 Å². The highest BCUT2D eigenvalue weighted by atomic mass is 16.1. The van der Waals surface area contributed by atoms with Gasteiger partial charge >= 0.3 is 0 Å². The van der Waals surface area contributed by atoms with Crippen LogP contribution in [0.1, 0.15) is 18.5 Å². The Kier molecular flexibility index (Phi) is 4.01. The summed E-state index contributed by atoms with van der Waals surface area (Å²) in [5.41, 5.74) is 2.35. The fourth-order valence-corrected chi connectivity index (χ4v) is 3.11. The lowest BCUT2D eigenvalue weighted by Crippen LogP contribution is -2.38. The fourth-order valence-electron chi connectivity index (χ4n) is 3.11. The number of hydrogen-bond acceptors (Lipinski definition) is 6. The van der Waals surface area contributed by atoms with Crippen molar-refractivity contribution < 1.29 is 4.79 Å². The predicted octanol–water partition coefficient (Wildman–Crippen LogP) is 1.68. The molecule has 1 aliphatic heterocycles. The molecule has 0 radical (unpaired) electrons. The number of pyridine rings is 1. The highest BCUT2D eigenvalue weighted by molar-refractivity contribution is 5.93. The maximum absolute atomic E-state index is 12.5. The zero-order valence-electron chi connectivity index (χ0n) is 14.0. The summed E-state index contributed by atoms with van der Waals surface area (Å²) in [5.74, 6) is 0.960. The Balaban J connectivity index is 1.39. The van der Waals surface area contributed by atoms with Crippen molar-refractivity contribution in [2.75, 3.05) is 23.3 Å². The van der Waals surface area contributed by atoms with Crippen LogP contribution in [0, 0.1) is 12.8 Å². The Morgan fingerprint density at radius 3 is 2.88 bits per heavy atom. The summed E-state index contributed by atoms with van der Waals surface area (Å²) in [6.07, 6.45) is 4.92. The number of aromatic nitrogens is 5. The molecule has 0 bridgehead atoms. The van der Waals surface area contributed by atoms with Crippen molar-refractivity contribution in [2.45, 2.75) is 19.8 Å². The number of nitrogens with one attached hydrogen (secondary N) is 1. The number of fused-ring (bicyclic) bond motifs is 1. The Hall–Kier alpha value is -3.03. The second-order valence-electron chi connectivity index (χ2n) is 6.21. The summed E-state index contributed by atoms with van der Waals surface area (Å²) in [6, 6.07) is 7.56. The van der Waals surface area contributed by atoms with E-state index in [1.165, 1.54) is 0 Å². The van der Waals surface area contributed by atoms with Crippen LogP contribution in [0.15, 0.2) is 36.8 Å². The standard InChI is InChI=1S/C17H19N7O/c1-12-14(3-2-8-18-12)20-17(25)13-6-9-23(10-7-13)16-5-4-15-21-19-11-24(15)22-16/h2-5,8,11,13H,6-7,9-10H2,1H3,(H,20,25). The topological polar surface area (TPSA) is 88.3 Å². The van der Waals surface area contributed by atoms with Gasteiger partial charge in [0.2, 0.25) is 5.91 Å². The van der Waals surface area contributed by atoms with E-state index in [4.69, 9.17) is 0 Å². The quantitative estimate of drug-likeness (QED) is 0.782. The zero-order chi connectivity index (χ0) is 17.2. The minimum atomic E-state index is 0.00880. The Labute approximate surface area is 144 Å². The maximum atomic E-state index is 12.5. The van der Waals surface area contributed by atoms with Crippen LogP contribution in [-0.4, -0.2) is 43.8 Å². The smallest absolute Gasteiger partial charge is 0.227 e. The van der Waals surface area contributed by atoms with Gasteiger partial charge in [-0.25, -0.2) is 0 Å². The number of carbonyl (C=O) groups excluding carboxylic acids is 1. The summed E-state index contributed by atoms with van der Waals surface area (Å²) >= 11 is 0. The van der Waals surface area contributed by atoms with E-state index in [1.54, 1.807) is 17.0 Å². The first kappa shape index (κ1) is 15.5. The molecule has 3 aromatic heterocycles. The van der Waals surface area contributed by atoms with Crippen LogP contribution in [0.4, 0.5) is 11.5 Å². The summed E-state index contributed by atoms with van der Waals surface area (Å²) in [5, 5.41) is 15.3. The van der Waals surface area contributed by atoms with Crippen molar-refractivity contribution in [3.8, 4) is 0 Å². The van der Waals surface area contributed by atoms with Gasteiger partial charge in [0.15, 0.2) is 5.65 Å². The van der Waals surface area contributed by atoms with E-state index >= 15 is 0 Å². The van der Waals surface area contributed by atoms with E-state index in [-0.39, 0.29) is 11.8 Å². The summed E-state index contributed by atoms with van der Waals surface area (Å²) in [6.45, 7) is 3.49. The van der Waals surface area contributed by atoms with E-state index < -0.39 is 0 Å². The first-order valence-corrected chi connectivity index (χ1v) is 8.35. The molecular formula is C17H19N7O. The van der Waals surface area contributed by atoms with Gasteiger partial charge in [-0.15, -0.1) is 15.3 Å². The van der Waals surface area contributed by atoms with Crippen molar-refractivity contribution in [3.05, 3.63) is 42.5 Å². The molecule has 0 unspecified atom stereocenters. The second-order valence-corrected chi connectivity index (χ2v) is 6.21. The maximum Gasteiger partial charge on any atom is 0.227 e. The first-order chi connectivity index (χ1) is 12.2. The minimum absolute atomic E-state index is 0.00880. The highest BCUT2D eigenvalue weighted by Crippen LogP contribution is 2.23. The predicted molar refractivity (Wildman–Crippen MR) is 93.3 cm³/mol. The van der Waals surface area contributed by atoms with Gasteiger partial charge < -0.3 is 10.2 Å². The molecular weight excluding hydrogens is 318 g/mol. The molecule has 1 fully saturated rings. The van der Waals surface area contributed by atoms with Crippen molar-refractivity contribution in [3.63, 3.8) is 0 Å². The number of amides is 1. The molecule has 0 saturated carbocycles. The average Bonchev–Trinajstić information content (AvgIpc) is 3.11. The molecule has 1 aliphatic rings. The Morgan fingerprint density at radius 1 is 1.24 bits per heavy atom. The monoisotopic (exact) mass is 337 g/mol. The molecule has 25 heavy (non-hydrogen) atoms. The Bertz CT molecular complexity index is 899. The third-order valence-corrected chi connectivity index (χ3v) is 4.60. The fraction of sp³-hybridized carbons (Fsp3) is 0.353. The number of aryl methyl sites for hydroxylation is 1. The van der Waals surface area contributed by atoms with Gasteiger partial charge in [-0.05, 0) is 44.0 Å². The lowest BCUT2D eigenvalue weighted by atomic mass is 9.95. The molecule has 0 aromatic carbocycles. The van der Waals surface area contributed by atoms with Gasteiger partial charge in [-0.3, -0.25) is 9.78 Å². The molecule has 8 nitrogen and oxygen atoms in total. The van der Waals surface area contributed by atoms with Crippen LogP contribution in [0.3, 0.4) is 0 Å². The van der Waals surface area contributed by atoms with Crippen LogP contribution in [-0.2, 0) is 4.79 Å². The number of rotatable bonds is 3. The van der Waals surface area contributed by atoms with Gasteiger partial charge in [-0.2, -0.15) is 4.52 Å². The molecule has 1 amide bonds. The number of anilines is 2. The molecule has 1 N–H and O–H groups in total. The lowest BCUT2D eigenvalue weighted by molar-refractivity contribution is -0.120. The van der Waals surface area contributed by atoms with Crippen molar-refractivity contribution in [1.29, 1.82) is 0 Å². The number of nitrogens with zero attached hydrogens (tertiary/aromatic N) is 6. The first-order valence-electron chi connectivity index (χ1n) is 8.35. The molecule has 128 valence electrons. The summed E-state index contributed by atoms with van der Waals surface area (Å²) in [7, 11) is 0. The molecule has 0 spiro atoms. The SMILES string of the molecule is Cc1ncccc1NC(=O)C1CCN(c2ccc3nncn3n2)CC1. The van der Waals surface area contributed by atoms with E-state index in [1.807, 2.05) is 31.2 Å². The van der Waals surface area contributed by atoms with Crippen molar-refractivity contribution in [2.24, 2.45) is 5.92 Å². The molecule has 1 saturated heterocycles. The van der Waals surface area contributed by atoms with Crippen LogP contribution in [0.25, 0.3) is 5.65 Å². The van der Waals surface area contributed by atoms with Crippen molar-refractivity contribution in [1.82, 2.24) is 24.8 Å². The molecule has 4 heterocycles. The van der Waals surface area contributed by atoms with Gasteiger partial charge in [-0.1, -0.05) is 0 Å². The number of hydrogen-bond donors (Lipinski definition) is 1. The van der Waals surface area contributed by atoms with Gasteiger partial charge in [0.1, 0.15) is 12.1 Å². The number of piperidine rings is 1. The third-order valence-electron chi connectivity index (χ3n) is 4.60. The summed E-state index contributed by atoms with van der Waals surface area (Å²) in [4.78, 5) is 18.9. The van der Waals surface area contributed by atoms with Crippen LogP contribution < -0.4 is 10.2 Å². The highest BCUT2D eigenvalue weighted by Gasteiger charge is 2.26. The minimum Gasteiger partial charge on any atom is -0.355 e. The lowest BCUT2D eigenvalue weighted by Gasteiger charge is -2.32. The van der Waals surface area contributed by atoms with Crippen LogP contribution in [0.5, 0.6) is 0 Å². The van der Waals surface area contributed by atoms with Crippen LogP contribution in [0.2, 0.25) is 0 Å².